The SMILES string of the molecule is CC(C)CNCc1csc(N(C)Cc2ccc(Cl)cc2)n1. The molecular weight excluding hydrogens is 302 g/mol. The monoisotopic (exact) mass is 323 g/mol. The van der Waals surface area contributed by atoms with Crippen molar-refractivity contribution in [2.75, 3.05) is 18.5 Å². The summed E-state index contributed by atoms with van der Waals surface area (Å²) in [5.74, 6) is 0.663. The number of hydrogen-bond acceptors (Lipinski definition) is 4. The number of benzene rings is 1. The Bertz CT molecular complexity index is 551. The normalized spacial score (nSPS) is 11.1. The minimum absolute atomic E-state index is 0.663. The van der Waals surface area contributed by atoms with E-state index in [9.17, 15) is 0 Å². The van der Waals surface area contributed by atoms with Crippen molar-refractivity contribution < 1.29 is 0 Å². The van der Waals surface area contributed by atoms with E-state index in [0.717, 1.165) is 35.5 Å². The standard InChI is InChI=1S/C16H22ClN3S/c1-12(2)8-18-9-15-11-21-16(19-15)20(3)10-13-4-6-14(17)7-5-13/h4-7,11-12,18H,8-10H2,1-3H3. The molecule has 0 saturated carbocycles. The Labute approximate surface area is 136 Å². The Kier molecular flexibility index (Phi) is 6.03. The van der Waals surface area contributed by atoms with Crippen molar-refractivity contribution in [3.8, 4) is 0 Å². The first-order valence-electron chi connectivity index (χ1n) is 7.15. The molecule has 0 unspecified atom stereocenters. The molecule has 21 heavy (non-hydrogen) atoms. The highest BCUT2D eigenvalue weighted by Crippen LogP contribution is 2.21. The van der Waals surface area contributed by atoms with E-state index in [2.05, 4.69) is 53.6 Å². The fraction of sp³-hybridized carbons (Fsp3) is 0.438. The van der Waals surface area contributed by atoms with Crippen LogP contribution in [-0.2, 0) is 13.1 Å². The number of thiazole rings is 1. The molecule has 1 N–H and O–H groups in total. The van der Waals surface area contributed by atoms with Crippen molar-refractivity contribution in [2.45, 2.75) is 26.9 Å². The molecular formula is C16H22ClN3S. The Morgan fingerprint density at radius 1 is 1.29 bits per heavy atom. The maximum absolute atomic E-state index is 5.91. The molecule has 0 atom stereocenters. The van der Waals surface area contributed by atoms with Gasteiger partial charge in [0.15, 0.2) is 5.13 Å². The number of hydrogen-bond donors (Lipinski definition) is 1. The molecule has 0 spiro atoms. The molecule has 0 fully saturated rings. The van der Waals surface area contributed by atoms with Crippen molar-refractivity contribution in [3.63, 3.8) is 0 Å². The largest absolute Gasteiger partial charge is 0.347 e. The van der Waals surface area contributed by atoms with Crippen LogP contribution in [0, 0.1) is 5.92 Å². The van der Waals surface area contributed by atoms with E-state index in [1.54, 1.807) is 11.3 Å². The molecule has 5 heteroatoms. The molecule has 0 aliphatic rings. The molecule has 3 nitrogen and oxygen atoms in total. The van der Waals surface area contributed by atoms with Gasteiger partial charge in [0.05, 0.1) is 5.69 Å². The van der Waals surface area contributed by atoms with Crippen molar-refractivity contribution in [1.29, 1.82) is 0 Å². The summed E-state index contributed by atoms with van der Waals surface area (Å²) in [6.07, 6.45) is 0. The summed E-state index contributed by atoms with van der Waals surface area (Å²) in [5.41, 5.74) is 2.34. The van der Waals surface area contributed by atoms with Gasteiger partial charge in [0.2, 0.25) is 0 Å². The summed E-state index contributed by atoms with van der Waals surface area (Å²) in [6.45, 7) is 7.11. The van der Waals surface area contributed by atoms with Gasteiger partial charge in [-0.05, 0) is 30.2 Å². The van der Waals surface area contributed by atoms with Gasteiger partial charge >= 0.3 is 0 Å². The van der Waals surface area contributed by atoms with Crippen molar-refractivity contribution in [2.24, 2.45) is 5.92 Å². The van der Waals surface area contributed by atoms with Gasteiger partial charge in [-0.15, -0.1) is 11.3 Å². The number of nitrogens with one attached hydrogen (secondary N) is 1. The first-order valence-corrected chi connectivity index (χ1v) is 8.41. The van der Waals surface area contributed by atoms with Crippen LogP contribution >= 0.6 is 22.9 Å². The van der Waals surface area contributed by atoms with Crippen LogP contribution in [0.1, 0.15) is 25.1 Å². The predicted octanol–water partition coefficient (Wildman–Crippen LogP) is 4.18. The second kappa shape index (κ2) is 7.78. The highest BCUT2D eigenvalue weighted by atomic mass is 35.5. The van der Waals surface area contributed by atoms with Gasteiger partial charge in [0, 0.05) is 30.5 Å². The highest BCUT2D eigenvalue weighted by Gasteiger charge is 2.08. The average Bonchev–Trinajstić information content (AvgIpc) is 2.90. The second-order valence-electron chi connectivity index (χ2n) is 5.63. The first-order chi connectivity index (χ1) is 10.0. The van der Waals surface area contributed by atoms with Crippen molar-refractivity contribution in [3.05, 3.63) is 45.9 Å². The third kappa shape index (κ3) is 5.30. The average molecular weight is 324 g/mol. The molecule has 1 heterocycles. The number of rotatable bonds is 7. The molecule has 0 bridgehead atoms. The van der Waals surface area contributed by atoms with Crippen LogP contribution in [0.25, 0.3) is 0 Å². The summed E-state index contributed by atoms with van der Waals surface area (Å²) in [6, 6.07) is 7.96. The summed E-state index contributed by atoms with van der Waals surface area (Å²) >= 11 is 7.60. The lowest BCUT2D eigenvalue weighted by Gasteiger charge is -2.15. The lowest BCUT2D eigenvalue weighted by molar-refractivity contribution is 0.549. The zero-order valence-corrected chi connectivity index (χ0v) is 14.3. The smallest absolute Gasteiger partial charge is 0.185 e. The summed E-state index contributed by atoms with van der Waals surface area (Å²) < 4.78 is 0. The quantitative estimate of drug-likeness (QED) is 0.828. The zero-order valence-electron chi connectivity index (χ0n) is 12.8. The van der Waals surface area contributed by atoms with Gasteiger partial charge in [0.25, 0.3) is 0 Å². The lowest BCUT2D eigenvalue weighted by atomic mass is 10.2. The van der Waals surface area contributed by atoms with E-state index >= 15 is 0 Å². The van der Waals surface area contributed by atoms with Gasteiger partial charge < -0.3 is 10.2 Å². The maximum Gasteiger partial charge on any atom is 0.185 e. The van der Waals surface area contributed by atoms with Crippen LogP contribution < -0.4 is 10.2 Å². The second-order valence-corrected chi connectivity index (χ2v) is 6.90. The van der Waals surface area contributed by atoms with Crippen LogP contribution in [0.3, 0.4) is 0 Å². The molecule has 2 aromatic rings. The van der Waals surface area contributed by atoms with E-state index in [-0.39, 0.29) is 0 Å². The number of anilines is 1. The third-order valence-corrected chi connectivity index (χ3v) is 4.31. The van der Waals surface area contributed by atoms with Crippen molar-refractivity contribution >= 4 is 28.1 Å². The van der Waals surface area contributed by atoms with Gasteiger partial charge in [-0.1, -0.05) is 37.6 Å². The van der Waals surface area contributed by atoms with E-state index in [1.165, 1.54) is 5.56 Å². The fourth-order valence-corrected chi connectivity index (χ4v) is 2.89. The first kappa shape index (κ1) is 16.3. The lowest BCUT2D eigenvalue weighted by Crippen LogP contribution is -2.19. The summed E-state index contributed by atoms with van der Waals surface area (Å²) in [5, 5.41) is 7.37. The van der Waals surface area contributed by atoms with Crippen LogP contribution in [0.5, 0.6) is 0 Å². The molecule has 1 aromatic carbocycles. The molecule has 0 aliphatic carbocycles. The van der Waals surface area contributed by atoms with Crippen LogP contribution in [0.4, 0.5) is 5.13 Å². The number of nitrogens with zero attached hydrogens (tertiary/aromatic N) is 2. The van der Waals surface area contributed by atoms with Crippen LogP contribution in [-0.4, -0.2) is 18.6 Å². The Balaban J connectivity index is 1.89. The van der Waals surface area contributed by atoms with E-state index in [4.69, 9.17) is 11.6 Å². The zero-order chi connectivity index (χ0) is 15.2. The van der Waals surface area contributed by atoms with Crippen molar-refractivity contribution in [1.82, 2.24) is 10.3 Å². The van der Waals surface area contributed by atoms with E-state index in [0.29, 0.717) is 5.92 Å². The molecule has 1 aromatic heterocycles. The Morgan fingerprint density at radius 3 is 2.67 bits per heavy atom. The maximum atomic E-state index is 5.91. The molecule has 2 rings (SSSR count). The van der Waals surface area contributed by atoms with E-state index < -0.39 is 0 Å². The summed E-state index contributed by atoms with van der Waals surface area (Å²) in [4.78, 5) is 6.84. The molecule has 114 valence electrons. The van der Waals surface area contributed by atoms with Gasteiger partial charge in [0.1, 0.15) is 0 Å². The van der Waals surface area contributed by atoms with Crippen LogP contribution in [0.2, 0.25) is 5.02 Å². The Morgan fingerprint density at radius 2 is 2.00 bits per heavy atom. The number of halogens is 1. The van der Waals surface area contributed by atoms with Gasteiger partial charge in [-0.3, -0.25) is 0 Å². The fourth-order valence-electron chi connectivity index (χ4n) is 1.97. The van der Waals surface area contributed by atoms with Gasteiger partial charge in [-0.2, -0.15) is 0 Å². The van der Waals surface area contributed by atoms with Crippen LogP contribution in [0.15, 0.2) is 29.6 Å². The molecule has 0 amide bonds. The molecule has 0 aliphatic heterocycles. The molecule has 0 radical (unpaired) electrons. The topological polar surface area (TPSA) is 28.2 Å². The highest BCUT2D eigenvalue weighted by molar-refractivity contribution is 7.13. The van der Waals surface area contributed by atoms with E-state index in [1.807, 2.05) is 12.1 Å². The number of aromatic nitrogens is 1. The third-order valence-electron chi connectivity index (χ3n) is 3.06. The molecule has 0 saturated heterocycles. The Hall–Kier alpha value is -1.10. The predicted molar refractivity (Wildman–Crippen MR) is 92.2 cm³/mol. The summed E-state index contributed by atoms with van der Waals surface area (Å²) in [7, 11) is 2.07. The minimum Gasteiger partial charge on any atom is -0.347 e. The minimum atomic E-state index is 0.663. The van der Waals surface area contributed by atoms with Gasteiger partial charge in [-0.25, -0.2) is 4.98 Å².